The Bertz CT molecular complexity index is 777. The standard InChI is InChI=1S/C16H14ClFN2/c1-10-7-8-13-15(9-10)20(16(19-13)11(2)17)14-6-4-3-5-12(14)18/h3-9,11H,1-2H3. The zero-order valence-corrected chi connectivity index (χ0v) is 12.0. The van der Waals surface area contributed by atoms with E-state index in [4.69, 9.17) is 11.6 Å². The third kappa shape index (κ3) is 2.08. The van der Waals surface area contributed by atoms with Gasteiger partial charge in [0.25, 0.3) is 0 Å². The van der Waals surface area contributed by atoms with Gasteiger partial charge >= 0.3 is 0 Å². The summed E-state index contributed by atoms with van der Waals surface area (Å²) in [6.07, 6.45) is 0. The lowest BCUT2D eigenvalue weighted by Gasteiger charge is -2.11. The predicted molar refractivity (Wildman–Crippen MR) is 80.0 cm³/mol. The van der Waals surface area contributed by atoms with Gasteiger partial charge in [-0.3, -0.25) is 4.57 Å². The molecule has 1 heterocycles. The maximum atomic E-state index is 14.1. The molecule has 3 aromatic rings. The fourth-order valence-electron chi connectivity index (χ4n) is 2.36. The fourth-order valence-corrected chi connectivity index (χ4v) is 2.50. The number of alkyl halides is 1. The normalized spacial score (nSPS) is 12.8. The van der Waals surface area contributed by atoms with Crippen LogP contribution in [0.4, 0.5) is 4.39 Å². The van der Waals surface area contributed by atoms with Crippen molar-refractivity contribution < 1.29 is 4.39 Å². The molecule has 1 atom stereocenters. The highest BCUT2D eigenvalue weighted by molar-refractivity contribution is 6.20. The number of para-hydroxylation sites is 1. The van der Waals surface area contributed by atoms with Crippen molar-refractivity contribution in [1.82, 2.24) is 9.55 Å². The molecule has 0 aliphatic rings. The highest BCUT2D eigenvalue weighted by atomic mass is 35.5. The van der Waals surface area contributed by atoms with E-state index in [1.54, 1.807) is 16.7 Å². The minimum absolute atomic E-state index is 0.285. The summed E-state index contributed by atoms with van der Waals surface area (Å²) in [5, 5.41) is -0.303. The molecule has 0 fully saturated rings. The van der Waals surface area contributed by atoms with Crippen LogP contribution in [0.15, 0.2) is 42.5 Å². The Labute approximate surface area is 121 Å². The summed E-state index contributed by atoms with van der Waals surface area (Å²) in [7, 11) is 0. The summed E-state index contributed by atoms with van der Waals surface area (Å²) in [5.74, 6) is 0.365. The van der Waals surface area contributed by atoms with Crippen LogP contribution in [0.5, 0.6) is 0 Å². The molecule has 20 heavy (non-hydrogen) atoms. The van der Waals surface area contributed by atoms with Gasteiger partial charge in [-0.25, -0.2) is 9.37 Å². The van der Waals surface area contributed by atoms with Gasteiger partial charge in [0.1, 0.15) is 11.6 Å². The molecule has 1 unspecified atom stereocenters. The first-order valence-corrected chi connectivity index (χ1v) is 6.89. The largest absolute Gasteiger partial charge is 0.292 e. The molecule has 0 saturated carbocycles. The lowest BCUT2D eigenvalue weighted by molar-refractivity contribution is 0.616. The molecule has 0 N–H and O–H groups in total. The van der Waals surface area contributed by atoms with Crippen LogP contribution in [0.2, 0.25) is 0 Å². The number of aromatic nitrogens is 2. The molecule has 3 rings (SSSR count). The van der Waals surface area contributed by atoms with Crippen molar-refractivity contribution in [2.24, 2.45) is 0 Å². The van der Waals surface area contributed by atoms with Crippen molar-refractivity contribution in [3.63, 3.8) is 0 Å². The van der Waals surface area contributed by atoms with E-state index in [1.165, 1.54) is 6.07 Å². The molecule has 4 heteroatoms. The first-order chi connectivity index (χ1) is 9.58. The van der Waals surface area contributed by atoms with Crippen molar-refractivity contribution >= 4 is 22.6 Å². The maximum Gasteiger partial charge on any atom is 0.147 e. The van der Waals surface area contributed by atoms with E-state index in [2.05, 4.69) is 4.98 Å². The van der Waals surface area contributed by atoms with Crippen LogP contribution in [0, 0.1) is 12.7 Å². The molecule has 0 radical (unpaired) electrons. The van der Waals surface area contributed by atoms with Crippen LogP contribution in [0.1, 0.15) is 23.7 Å². The zero-order chi connectivity index (χ0) is 14.3. The molecule has 102 valence electrons. The fraction of sp³-hybridized carbons (Fsp3) is 0.188. The number of imidazole rings is 1. The van der Waals surface area contributed by atoms with Crippen molar-refractivity contribution in [2.45, 2.75) is 19.2 Å². The molecule has 0 bridgehead atoms. The van der Waals surface area contributed by atoms with Gasteiger partial charge in [-0.05, 0) is 43.7 Å². The number of aryl methyl sites for hydroxylation is 1. The van der Waals surface area contributed by atoms with Crippen molar-refractivity contribution in [1.29, 1.82) is 0 Å². The smallest absolute Gasteiger partial charge is 0.147 e. The lowest BCUT2D eigenvalue weighted by Crippen LogP contribution is -2.04. The maximum absolute atomic E-state index is 14.1. The SMILES string of the molecule is Cc1ccc2nc(C(C)Cl)n(-c3ccccc3F)c2c1. The van der Waals surface area contributed by atoms with E-state index < -0.39 is 0 Å². The van der Waals surface area contributed by atoms with Crippen LogP contribution in [-0.4, -0.2) is 9.55 Å². The van der Waals surface area contributed by atoms with Gasteiger partial charge in [0.05, 0.1) is 22.1 Å². The van der Waals surface area contributed by atoms with Crippen molar-refractivity contribution in [2.75, 3.05) is 0 Å². The lowest BCUT2D eigenvalue weighted by atomic mass is 10.2. The van der Waals surface area contributed by atoms with Gasteiger partial charge in [-0.2, -0.15) is 0 Å². The van der Waals surface area contributed by atoms with E-state index in [-0.39, 0.29) is 11.2 Å². The molecule has 0 aliphatic heterocycles. The van der Waals surface area contributed by atoms with Crippen molar-refractivity contribution in [3.05, 3.63) is 59.7 Å². The summed E-state index contributed by atoms with van der Waals surface area (Å²) < 4.78 is 15.9. The number of benzene rings is 2. The van der Waals surface area contributed by atoms with Crippen LogP contribution in [-0.2, 0) is 0 Å². The number of rotatable bonds is 2. The van der Waals surface area contributed by atoms with E-state index in [0.717, 1.165) is 16.6 Å². The molecule has 0 saturated heterocycles. The second kappa shape index (κ2) is 4.91. The summed E-state index contributed by atoms with van der Waals surface area (Å²) >= 11 is 6.22. The van der Waals surface area contributed by atoms with Gasteiger partial charge < -0.3 is 0 Å². The number of fused-ring (bicyclic) bond motifs is 1. The van der Waals surface area contributed by atoms with Gasteiger partial charge in [0, 0.05) is 0 Å². The third-order valence-corrected chi connectivity index (χ3v) is 3.48. The Morgan fingerprint density at radius 2 is 1.95 bits per heavy atom. The van der Waals surface area contributed by atoms with Crippen molar-refractivity contribution in [3.8, 4) is 5.69 Å². The van der Waals surface area contributed by atoms with Gasteiger partial charge in [0.15, 0.2) is 0 Å². The molecule has 1 aromatic heterocycles. The molecule has 0 amide bonds. The average Bonchev–Trinajstić information content (AvgIpc) is 2.78. The first-order valence-electron chi connectivity index (χ1n) is 6.46. The molecular weight excluding hydrogens is 275 g/mol. The van der Waals surface area contributed by atoms with Gasteiger partial charge in [-0.1, -0.05) is 18.2 Å². The predicted octanol–water partition coefficient (Wildman–Crippen LogP) is 4.77. The summed E-state index contributed by atoms with van der Waals surface area (Å²) in [6, 6.07) is 12.6. The number of hydrogen-bond acceptors (Lipinski definition) is 1. The summed E-state index contributed by atoms with van der Waals surface area (Å²) in [4.78, 5) is 4.54. The number of hydrogen-bond donors (Lipinski definition) is 0. The highest BCUT2D eigenvalue weighted by Crippen LogP contribution is 2.29. The van der Waals surface area contributed by atoms with Crippen LogP contribution in [0.25, 0.3) is 16.7 Å². The molecule has 0 aliphatic carbocycles. The van der Waals surface area contributed by atoms with Crippen LogP contribution < -0.4 is 0 Å². The van der Waals surface area contributed by atoms with E-state index in [0.29, 0.717) is 11.5 Å². The second-order valence-corrected chi connectivity index (χ2v) is 5.52. The Kier molecular flexibility index (Phi) is 3.22. The summed E-state index contributed by atoms with van der Waals surface area (Å²) in [5.41, 5.74) is 3.27. The van der Waals surface area contributed by atoms with Crippen LogP contribution in [0.3, 0.4) is 0 Å². The Morgan fingerprint density at radius 1 is 1.20 bits per heavy atom. The van der Waals surface area contributed by atoms with E-state index in [1.807, 2.05) is 38.1 Å². The van der Waals surface area contributed by atoms with E-state index in [9.17, 15) is 4.39 Å². The van der Waals surface area contributed by atoms with Gasteiger partial charge in [0.2, 0.25) is 0 Å². The molecular formula is C16H14ClFN2. The quantitative estimate of drug-likeness (QED) is 0.621. The Hall–Kier alpha value is -1.87. The summed E-state index contributed by atoms with van der Waals surface area (Å²) in [6.45, 7) is 3.84. The minimum atomic E-state index is -0.303. The Morgan fingerprint density at radius 3 is 2.65 bits per heavy atom. The third-order valence-electron chi connectivity index (χ3n) is 3.29. The monoisotopic (exact) mass is 288 g/mol. The molecule has 0 spiro atoms. The average molecular weight is 289 g/mol. The van der Waals surface area contributed by atoms with E-state index >= 15 is 0 Å². The molecule has 2 nitrogen and oxygen atoms in total. The number of halogens is 2. The van der Waals surface area contributed by atoms with Gasteiger partial charge in [-0.15, -0.1) is 11.6 Å². The highest BCUT2D eigenvalue weighted by Gasteiger charge is 2.18. The number of nitrogens with zero attached hydrogens (tertiary/aromatic N) is 2. The minimum Gasteiger partial charge on any atom is -0.292 e. The topological polar surface area (TPSA) is 17.8 Å². The molecule has 2 aromatic carbocycles. The Balaban J connectivity index is 2.40. The second-order valence-electron chi connectivity index (χ2n) is 4.86. The van der Waals surface area contributed by atoms with Crippen LogP contribution >= 0.6 is 11.6 Å². The zero-order valence-electron chi connectivity index (χ0n) is 11.3. The first kappa shape index (κ1) is 13.1.